The second-order valence-electron chi connectivity index (χ2n) is 13.7. The molecule has 0 bridgehead atoms. The lowest BCUT2D eigenvalue weighted by molar-refractivity contribution is 0.999. The number of rotatable bonds is 4. The molecule has 3 heteroatoms. The lowest BCUT2D eigenvalue weighted by atomic mass is 9.88. The van der Waals surface area contributed by atoms with Crippen molar-refractivity contribution in [2.75, 3.05) is 0 Å². The summed E-state index contributed by atoms with van der Waals surface area (Å²) in [6, 6.07) is 52.4. The van der Waals surface area contributed by atoms with Gasteiger partial charge in [-0.1, -0.05) is 146 Å². The molecule has 0 saturated carbocycles. The van der Waals surface area contributed by atoms with E-state index >= 15 is 0 Å². The van der Waals surface area contributed by atoms with Crippen LogP contribution in [0.4, 0.5) is 0 Å². The molecule has 0 aliphatic heterocycles. The first-order valence-corrected chi connectivity index (χ1v) is 17.8. The van der Waals surface area contributed by atoms with Crippen molar-refractivity contribution in [3.8, 4) is 61.8 Å². The van der Waals surface area contributed by atoms with E-state index in [0.717, 1.165) is 55.8 Å². The lowest BCUT2D eigenvalue weighted by Crippen LogP contribution is -2.05. The summed E-state index contributed by atoms with van der Waals surface area (Å²) in [6.45, 7) is 6.38. The fraction of sp³-hybridized carbons (Fsp3) is 0.0204. The van der Waals surface area contributed by atoms with Crippen LogP contribution in [0.15, 0.2) is 158 Å². The number of hydrogen-bond donors (Lipinski definition) is 0. The van der Waals surface area contributed by atoms with Gasteiger partial charge < -0.3 is 0 Å². The highest BCUT2D eigenvalue weighted by atomic mass is 15.2. The van der Waals surface area contributed by atoms with E-state index in [-0.39, 0.29) is 0 Å². The van der Waals surface area contributed by atoms with Crippen LogP contribution in [0.1, 0.15) is 23.6 Å². The number of nitrogens with zero attached hydrogens (tertiary/aromatic N) is 3. The van der Waals surface area contributed by atoms with Gasteiger partial charge in [-0.25, -0.2) is 9.97 Å². The summed E-state index contributed by atoms with van der Waals surface area (Å²) in [5, 5.41) is 4.87. The lowest BCUT2D eigenvalue weighted by Gasteiger charge is -2.18. The molecule has 7 aromatic carbocycles. The molecule has 0 amide bonds. The molecule has 11 rings (SSSR count). The fourth-order valence-corrected chi connectivity index (χ4v) is 8.88. The van der Waals surface area contributed by atoms with Gasteiger partial charge in [-0.05, 0) is 86.0 Å². The maximum absolute atomic E-state index is 5.57. The van der Waals surface area contributed by atoms with Crippen LogP contribution in [0.5, 0.6) is 0 Å². The summed E-state index contributed by atoms with van der Waals surface area (Å²) < 4.78 is 2.32. The highest BCUT2D eigenvalue weighted by Gasteiger charge is 2.31. The summed E-state index contributed by atoms with van der Waals surface area (Å²) in [5.41, 5.74) is 18.0. The Morgan fingerprint density at radius 2 is 1.15 bits per heavy atom. The topological polar surface area (TPSA) is 30.7 Å². The average molecular weight is 662 g/mol. The molecule has 0 saturated heterocycles. The maximum Gasteiger partial charge on any atom is 0.235 e. The monoisotopic (exact) mass is 661 g/mol. The number of fused-ring (bicyclic) bond motifs is 5. The Kier molecular flexibility index (Phi) is 6.03. The van der Waals surface area contributed by atoms with Gasteiger partial charge in [-0.2, -0.15) is 0 Å². The van der Waals surface area contributed by atoms with Crippen molar-refractivity contribution in [3.05, 3.63) is 175 Å². The van der Waals surface area contributed by atoms with Crippen LogP contribution >= 0.6 is 0 Å². The number of allylic oxidation sites excluding steroid dienone is 1. The zero-order valence-electron chi connectivity index (χ0n) is 28.6. The summed E-state index contributed by atoms with van der Waals surface area (Å²) in [5.74, 6) is 0.665. The third-order valence-corrected chi connectivity index (χ3v) is 11.0. The summed E-state index contributed by atoms with van der Waals surface area (Å²) in [4.78, 5) is 11.1. The SMILES string of the molecule is C=Cc1cccc2c1/C(=C\C)c1cccc3c1c1c-2cc(-c2ccccc2)cc1n3-c1nc(-c2ccccc2)c2c(n1)-c1cccc3cccc-2c13. The van der Waals surface area contributed by atoms with Crippen LogP contribution in [0.2, 0.25) is 0 Å². The van der Waals surface area contributed by atoms with Gasteiger partial charge >= 0.3 is 0 Å². The maximum atomic E-state index is 5.57. The molecule has 2 aromatic heterocycles. The third-order valence-electron chi connectivity index (χ3n) is 11.0. The van der Waals surface area contributed by atoms with Gasteiger partial charge in [0.2, 0.25) is 5.95 Å². The van der Waals surface area contributed by atoms with Crippen LogP contribution < -0.4 is 0 Å². The minimum atomic E-state index is 0.665. The van der Waals surface area contributed by atoms with E-state index in [1.165, 1.54) is 54.9 Å². The van der Waals surface area contributed by atoms with Crippen molar-refractivity contribution in [1.82, 2.24) is 14.5 Å². The molecular weight excluding hydrogens is 631 g/mol. The summed E-state index contributed by atoms with van der Waals surface area (Å²) >= 11 is 0. The van der Waals surface area contributed by atoms with E-state index in [1.807, 2.05) is 6.08 Å². The van der Waals surface area contributed by atoms with E-state index in [9.17, 15) is 0 Å². The van der Waals surface area contributed by atoms with Crippen molar-refractivity contribution in [3.63, 3.8) is 0 Å². The molecule has 3 nitrogen and oxygen atoms in total. The van der Waals surface area contributed by atoms with E-state index in [4.69, 9.17) is 9.97 Å². The Balaban J connectivity index is 1.33. The van der Waals surface area contributed by atoms with Crippen LogP contribution in [0.3, 0.4) is 0 Å². The second kappa shape index (κ2) is 10.8. The normalized spacial score (nSPS) is 13.2. The smallest absolute Gasteiger partial charge is 0.235 e. The molecule has 2 aliphatic rings. The van der Waals surface area contributed by atoms with Crippen LogP contribution in [0, 0.1) is 0 Å². The average Bonchev–Trinajstić information content (AvgIpc) is 3.68. The van der Waals surface area contributed by atoms with Gasteiger partial charge in [0.1, 0.15) is 0 Å². The number of aromatic nitrogens is 3. The molecule has 242 valence electrons. The molecular formula is C49H31N3. The first-order chi connectivity index (χ1) is 25.7. The van der Waals surface area contributed by atoms with Gasteiger partial charge in [0.15, 0.2) is 0 Å². The molecule has 0 N–H and O–H groups in total. The Labute approximate surface area is 301 Å². The number of benzene rings is 7. The fourth-order valence-electron chi connectivity index (χ4n) is 8.88. The number of hydrogen-bond acceptors (Lipinski definition) is 2. The van der Waals surface area contributed by atoms with Crippen molar-refractivity contribution < 1.29 is 0 Å². The zero-order valence-corrected chi connectivity index (χ0v) is 28.6. The molecule has 0 radical (unpaired) electrons. The molecule has 0 atom stereocenters. The van der Waals surface area contributed by atoms with Crippen molar-refractivity contribution in [2.24, 2.45) is 0 Å². The van der Waals surface area contributed by atoms with Gasteiger partial charge in [0.25, 0.3) is 0 Å². The standard InChI is InChI=1S/C49H31N3/c1-3-29-19-11-22-36-39-27-33(30-15-7-5-8-16-30)28-41-45(39)44-35(34(4-2)42(29)36)23-14-26-40(44)52(41)49-50-47(32-17-9-6-10-18-32)46-37-24-12-20-31-21-13-25-38(43(31)37)48(46)51-49/h3-28H,1H2,2H3/b34-4-. The van der Waals surface area contributed by atoms with Crippen molar-refractivity contribution >= 4 is 44.2 Å². The Morgan fingerprint density at radius 1 is 0.500 bits per heavy atom. The predicted molar refractivity (Wildman–Crippen MR) is 217 cm³/mol. The van der Waals surface area contributed by atoms with Gasteiger partial charge in [-0.15, -0.1) is 0 Å². The minimum absolute atomic E-state index is 0.665. The van der Waals surface area contributed by atoms with Crippen LogP contribution in [-0.2, 0) is 0 Å². The molecule has 52 heavy (non-hydrogen) atoms. The second-order valence-corrected chi connectivity index (χ2v) is 13.7. The van der Waals surface area contributed by atoms with Crippen molar-refractivity contribution in [1.29, 1.82) is 0 Å². The van der Waals surface area contributed by atoms with Gasteiger partial charge in [-0.3, -0.25) is 4.57 Å². The molecule has 0 fully saturated rings. The Bertz CT molecular complexity index is 3010. The van der Waals surface area contributed by atoms with Crippen LogP contribution in [-0.4, -0.2) is 14.5 Å². The van der Waals surface area contributed by atoms with Crippen LogP contribution in [0.25, 0.3) is 106 Å². The van der Waals surface area contributed by atoms with E-state index < -0.39 is 0 Å². The predicted octanol–water partition coefficient (Wildman–Crippen LogP) is 12.8. The minimum Gasteiger partial charge on any atom is -0.278 e. The molecule has 2 heterocycles. The van der Waals surface area contributed by atoms with Crippen molar-refractivity contribution in [2.45, 2.75) is 6.92 Å². The Morgan fingerprint density at radius 3 is 1.92 bits per heavy atom. The van der Waals surface area contributed by atoms with E-state index in [2.05, 4.69) is 170 Å². The molecule has 0 unspecified atom stereocenters. The third kappa shape index (κ3) is 3.85. The molecule has 9 aromatic rings. The largest absolute Gasteiger partial charge is 0.278 e. The molecule has 0 spiro atoms. The summed E-state index contributed by atoms with van der Waals surface area (Å²) in [7, 11) is 0. The van der Waals surface area contributed by atoms with E-state index in [1.54, 1.807) is 0 Å². The Hall–Kier alpha value is -6.84. The summed E-state index contributed by atoms with van der Waals surface area (Å²) in [6.07, 6.45) is 4.24. The van der Waals surface area contributed by atoms with Gasteiger partial charge in [0.05, 0.1) is 22.4 Å². The first-order valence-electron chi connectivity index (χ1n) is 17.8. The quantitative estimate of drug-likeness (QED) is 0.188. The zero-order chi connectivity index (χ0) is 34.5. The van der Waals surface area contributed by atoms with E-state index in [0.29, 0.717) is 5.95 Å². The van der Waals surface area contributed by atoms with Gasteiger partial charge in [0, 0.05) is 27.5 Å². The highest BCUT2D eigenvalue weighted by molar-refractivity contribution is 6.24. The molecule has 2 aliphatic carbocycles. The first kappa shape index (κ1) is 28.9. The highest BCUT2D eigenvalue weighted by Crippen LogP contribution is 2.52.